The Morgan fingerprint density at radius 1 is 1.23 bits per heavy atom. The molecule has 22 heavy (non-hydrogen) atoms. The molecule has 0 fully saturated rings. The summed E-state index contributed by atoms with van der Waals surface area (Å²) in [6, 6.07) is 12.4. The minimum Gasteiger partial charge on any atom is -0.508 e. The molecule has 3 heteroatoms. The summed E-state index contributed by atoms with van der Waals surface area (Å²) in [7, 11) is 0. The first-order valence-corrected chi connectivity index (χ1v) is 7.06. The second kappa shape index (κ2) is 7.27. The molecule has 0 saturated heterocycles. The van der Waals surface area contributed by atoms with Crippen LogP contribution in [0.5, 0.6) is 5.75 Å². The molecule has 0 aromatic heterocycles. The van der Waals surface area contributed by atoms with E-state index >= 15 is 0 Å². The molecule has 0 saturated carbocycles. The topological polar surface area (TPSA) is 49.3 Å². The third-order valence-electron chi connectivity index (χ3n) is 3.34. The van der Waals surface area contributed by atoms with Gasteiger partial charge in [-0.25, -0.2) is 0 Å². The summed E-state index contributed by atoms with van der Waals surface area (Å²) in [6.07, 6.45) is 5.48. The summed E-state index contributed by atoms with van der Waals surface area (Å²) < 4.78 is 0. The van der Waals surface area contributed by atoms with Gasteiger partial charge in [0.25, 0.3) is 5.91 Å². The van der Waals surface area contributed by atoms with E-state index in [1.807, 2.05) is 37.3 Å². The maximum absolute atomic E-state index is 12.2. The number of aryl methyl sites for hydroxylation is 1. The van der Waals surface area contributed by atoms with Crippen LogP contribution in [-0.2, 0) is 6.54 Å². The number of hydrogen-bond acceptors (Lipinski definition) is 2. The number of hydrogen-bond donors (Lipinski definition) is 2. The van der Waals surface area contributed by atoms with Crippen LogP contribution in [0.15, 0.2) is 61.2 Å². The molecule has 1 amide bonds. The Balaban J connectivity index is 2.07. The van der Waals surface area contributed by atoms with E-state index in [0.717, 1.165) is 16.7 Å². The van der Waals surface area contributed by atoms with Crippen LogP contribution in [0.1, 0.15) is 27.0 Å². The molecule has 2 rings (SSSR count). The highest BCUT2D eigenvalue weighted by Gasteiger charge is 2.07. The quantitative estimate of drug-likeness (QED) is 0.823. The van der Waals surface area contributed by atoms with Gasteiger partial charge < -0.3 is 10.4 Å². The highest BCUT2D eigenvalue weighted by Crippen LogP contribution is 2.14. The van der Waals surface area contributed by atoms with Crippen molar-refractivity contribution in [3.05, 3.63) is 83.4 Å². The number of nitrogens with one attached hydrogen (secondary N) is 1. The minimum absolute atomic E-state index is 0.124. The SMILES string of the molecule is C=C/C=C\c1cc(C(=O)NCc2ccc(O)cc2)ccc1C. The van der Waals surface area contributed by atoms with Crippen LogP contribution in [-0.4, -0.2) is 11.0 Å². The first kappa shape index (κ1) is 15.6. The average Bonchev–Trinajstić information content (AvgIpc) is 2.53. The summed E-state index contributed by atoms with van der Waals surface area (Å²) in [4.78, 5) is 12.2. The molecule has 3 nitrogen and oxygen atoms in total. The van der Waals surface area contributed by atoms with Crippen LogP contribution in [0.2, 0.25) is 0 Å². The number of phenols is 1. The molecular formula is C19H19NO2. The molecule has 0 aliphatic heterocycles. The third kappa shape index (κ3) is 4.09. The molecule has 0 spiro atoms. The van der Waals surface area contributed by atoms with Gasteiger partial charge >= 0.3 is 0 Å². The fourth-order valence-corrected chi connectivity index (χ4v) is 2.03. The van der Waals surface area contributed by atoms with Gasteiger partial charge in [-0.1, -0.05) is 43.0 Å². The van der Waals surface area contributed by atoms with Crippen molar-refractivity contribution in [2.75, 3.05) is 0 Å². The molecule has 0 unspecified atom stereocenters. The zero-order valence-corrected chi connectivity index (χ0v) is 12.5. The number of rotatable bonds is 5. The highest BCUT2D eigenvalue weighted by atomic mass is 16.3. The van der Waals surface area contributed by atoms with Crippen LogP contribution >= 0.6 is 0 Å². The molecule has 2 aromatic carbocycles. The van der Waals surface area contributed by atoms with Crippen LogP contribution in [0.25, 0.3) is 6.08 Å². The highest BCUT2D eigenvalue weighted by molar-refractivity contribution is 5.94. The van der Waals surface area contributed by atoms with Crippen molar-refractivity contribution in [2.24, 2.45) is 0 Å². The third-order valence-corrected chi connectivity index (χ3v) is 3.34. The van der Waals surface area contributed by atoms with Gasteiger partial charge in [0.05, 0.1) is 0 Å². The van der Waals surface area contributed by atoms with Gasteiger partial charge in [0, 0.05) is 12.1 Å². The monoisotopic (exact) mass is 293 g/mol. The van der Waals surface area contributed by atoms with Crippen LogP contribution in [0, 0.1) is 6.92 Å². The number of phenolic OH excluding ortho intramolecular Hbond substituents is 1. The zero-order valence-electron chi connectivity index (χ0n) is 12.5. The Hall–Kier alpha value is -2.81. The molecular weight excluding hydrogens is 274 g/mol. The molecule has 112 valence electrons. The van der Waals surface area contributed by atoms with Gasteiger partial charge in [-0.3, -0.25) is 4.79 Å². The second-order valence-electron chi connectivity index (χ2n) is 5.02. The lowest BCUT2D eigenvalue weighted by Gasteiger charge is -2.08. The summed E-state index contributed by atoms with van der Waals surface area (Å²) in [6.45, 7) is 6.07. The van der Waals surface area contributed by atoms with Crippen LogP contribution in [0.3, 0.4) is 0 Å². The van der Waals surface area contributed by atoms with Crippen LogP contribution < -0.4 is 5.32 Å². The van der Waals surface area contributed by atoms with E-state index in [1.54, 1.807) is 30.3 Å². The lowest BCUT2D eigenvalue weighted by molar-refractivity contribution is 0.0951. The first-order chi connectivity index (χ1) is 10.6. The number of carbonyl (C=O) groups excluding carboxylic acids is 1. The maximum Gasteiger partial charge on any atom is 0.251 e. The first-order valence-electron chi connectivity index (χ1n) is 7.06. The van der Waals surface area contributed by atoms with Gasteiger partial charge in [-0.2, -0.15) is 0 Å². The van der Waals surface area contributed by atoms with Crippen molar-refractivity contribution in [3.63, 3.8) is 0 Å². The number of aromatic hydroxyl groups is 1. The Morgan fingerprint density at radius 3 is 2.64 bits per heavy atom. The van der Waals surface area contributed by atoms with Crippen molar-refractivity contribution in [2.45, 2.75) is 13.5 Å². The molecule has 0 radical (unpaired) electrons. The summed E-state index contributed by atoms with van der Waals surface area (Å²) in [5, 5.41) is 12.1. The van der Waals surface area contributed by atoms with Crippen molar-refractivity contribution in [3.8, 4) is 5.75 Å². The summed E-state index contributed by atoms with van der Waals surface area (Å²) in [5.74, 6) is 0.0913. The molecule has 2 N–H and O–H groups in total. The second-order valence-corrected chi connectivity index (χ2v) is 5.02. The zero-order chi connectivity index (χ0) is 15.9. The van der Waals surface area contributed by atoms with Crippen molar-refractivity contribution >= 4 is 12.0 Å². The molecule has 0 aliphatic carbocycles. The summed E-state index contributed by atoms with van der Waals surface area (Å²) in [5.41, 5.74) is 3.66. The molecule has 0 heterocycles. The van der Waals surface area contributed by atoms with Gasteiger partial charge in [-0.05, 0) is 47.9 Å². The molecule has 0 aliphatic rings. The fraction of sp³-hybridized carbons (Fsp3) is 0.105. The number of carbonyl (C=O) groups is 1. The Kier molecular flexibility index (Phi) is 5.15. The smallest absolute Gasteiger partial charge is 0.251 e. The normalized spacial score (nSPS) is 10.6. The average molecular weight is 293 g/mol. The molecule has 0 bridgehead atoms. The summed E-state index contributed by atoms with van der Waals surface area (Å²) >= 11 is 0. The fourth-order valence-electron chi connectivity index (χ4n) is 2.03. The van der Waals surface area contributed by atoms with Gasteiger partial charge in [0.2, 0.25) is 0 Å². The maximum atomic E-state index is 12.2. The molecule has 2 aromatic rings. The largest absolute Gasteiger partial charge is 0.508 e. The van der Waals surface area contributed by atoms with E-state index in [9.17, 15) is 9.90 Å². The Labute approximate surface area is 130 Å². The lowest BCUT2D eigenvalue weighted by atomic mass is 10.0. The van der Waals surface area contributed by atoms with Crippen molar-refractivity contribution < 1.29 is 9.90 Å². The lowest BCUT2D eigenvalue weighted by Crippen LogP contribution is -2.22. The van der Waals surface area contributed by atoms with Crippen LogP contribution in [0.4, 0.5) is 0 Å². The Bertz CT molecular complexity index is 700. The Morgan fingerprint density at radius 2 is 1.95 bits per heavy atom. The van der Waals surface area contributed by atoms with E-state index in [1.165, 1.54) is 0 Å². The molecule has 0 atom stereocenters. The van der Waals surface area contributed by atoms with E-state index in [-0.39, 0.29) is 11.7 Å². The van der Waals surface area contributed by atoms with Gasteiger partial charge in [-0.15, -0.1) is 0 Å². The van der Waals surface area contributed by atoms with E-state index in [4.69, 9.17) is 0 Å². The van der Waals surface area contributed by atoms with E-state index in [0.29, 0.717) is 12.1 Å². The predicted octanol–water partition coefficient (Wildman–Crippen LogP) is 3.83. The number of amides is 1. The van der Waals surface area contributed by atoms with E-state index < -0.39 is 0 Å². The predicted molar refractivity (Wildman–Crippen MR) is 89.7 cm³/mol. The number of benzene rings is 2. The number of allylic oxidation sites excluding steroid dienone is 2. The van der Waals surface area contributed by atoms with E-state index in [2.05, 4.69) is 11.9 Å². The van der Waals surface area contributed by atoms with Gasteiger partial charge in [0.1, 0.15) is 5.75 Å². The minimum atomic E-state index is -0.124. The standard InChI is InChI=1S/C19H19NO2/c1-3-4-5-16-12-17(9-6-14(16)2)19(22)20-13-15-7-10-18(21)11-8-15/h3-12,21H,1,13H2,2H3,(H,20,22)/b5-4-. The van der Waals surface area contributed by atoms with Crippen molar-refractivity contribution in [1.82, 2.24) is 5.32 Å². The van der Waals surface area contributed by atoms with Gasteiger partial charge in [0.15, 0.2) is 0 Å². The van der Waals surface area contributed by atoms with Crippen molar-refractivity contribution in [1.29, 1.82) is 0 Å².